The lowest BCUT2D eigenvalue weighted by Gasteiger charge is -2.40. The minimum atomic E-state index is -3.36. The molecule has 0 spiro atoms. The van der Waals surface area contributed by atoms with Gasteiger partial charge in [-0.25, -0.2) is 8.42 Å². The summed E-state index contributed by atoms with van der Waals surface area (Å²) < 4.78 is 24.4. The zero-order valence-electron chi connectivity index (χ0n) is 10.8. The maximum absolute atomic E-state index is 12.2. The molecule has 2 aliphatic rings. The van der Waals surface area contributed by atoms with E-state index in [-0.39, 0.29) is 18.2 Å². The van der Waals surface area contributed by atoms with Crippen LogP contribution in [0.15, 0.2) is 0 Å². The summed E-state index contributed by atoms with van der Waals surface area (Å²) in [7, 11) is -3.36. The van der Waals surface area contributed by atoms with Crippen LogP contribution in [-0.4, -0.2) is 66.5 Å². The van der Waals surface area contributed by atoms with Crippen molar-refractivity contribution in [2.75, 3.05) is 25.9 Å². The Hall–Kier alpha value is -1.15. The van der Waals surface area contributed by atoms with Crippen LogP contribution in [0.5, 0.6) is 0 Å². The predicted octanol–water partition coefficient (Wildman–Crippen LogP) is -0.656. The van der Waals surface area contributed by atoms with E-state index in [1.54, 1.807) is 4.90 Å². The van der Waals surface area contributed by atoms with Crippen LogP contribution < -0.4 is 0 Å². The van der Waals surface area contributed by atoms with Crippen molar-refractivity contribution in [1.29, 1.82) is 0 Å². The van der Waals surface area contributed by atoms with Crippen LogP contribution in [0.4, 0.5) is 0 Å². The van der Waals surface area contributed by atoms with E-state index in [0.717, 1.165) is 6.26 Å². The fourth-order valence-electron chi connectivity index (χ4n) is 2.72. The number of carbonyl (C=O) groups is 2. The number of aliphatic carboxylic acids is 1. The largest absolute Gasteiger partial charge is 0.481 e. The molecule has 1 N–H and O–H groups in total. The van der Waals surface area contributed by atoms with E-state index in [4.69, 9.17) is 5.11 Å². The van der Waals surface area contributed by atoms with Crippen molar-refractivity contribution in [1.82, 2.24) is 9.21 Å². The van der Waals surface area contributed by atoms with Gasteiger partial charge >= 0.3 is 5.97 Å². The Kier molecular flexibility index (Phi) is 3.82. The van der Waals surface area contributed by atoms with E-state index in [2.05, 4.69) is 0 Å². The molecule has 1 unspecified atom stereocenters. The van der Waals surface area contributed by atoms with Crippen molar-refractivity contribution >= 4 is 21.9 Å². The summed E-state index contributed by atoms with van der Waals surface area (Å²) in [6, 6.07) is -0.597. The number of likely N-dealkylation sites (tertiary alicyclic amines) is 1. The number of carboxylic acids is 1. The second kappa shape index (κ2) is 5.09. The van der Waals surface area contributed by atoms with Gasteiger partial charge in [0.1, 0.15) is 6.04 Å². The zero-order chi connectivity index (χ0) is 14.2. The SMILES string of the molecule is CS(=O)(=O)N1CCCC1C(=O)N1CC(CC(=O)O)C1. The van der Waals surface area contributed by atoms with Crippen LogP contribution in [0.3, 0.4) is 0 Å². The fraction of sp³-hybridized carbons (Fsp3) is 0.818. The van der Waals surface area contributed by atoms with Gasteiger partial charge in [-0.05, 0) is 12.8 Å². The summed E-state index contributed by atoms with van der Waals surface area (Å²) in [6.07, 6.45) is 2.41. The van der Waals surface area contributed by atoms with Gasteiger partial charge in [-0.1, -0.05) is 0 Å². The molecule has 2 aliphatic heterocycles. The maximum atomic E-state index is 12.2. The smallest absolute Gasteiger partial charge is 0.303 e. The minimum Gasteiger partial charge on any atom is -0.481 e. The standard InChI is InChI=1S/C11H18N2O5S/c1-19(17,18)13-4-2-3-9(13)11(16)12-6-8(7-12)5-10(14)15/h8-9H,2-7H2,1H3,(H,14,15). The van der Waals surface area contributed by atoms with Crippen molar-refractivity contribution < 1.29 is 23.1 Å². The Morgan fingerprint density at radius 2 is 1.95 bits per heavy atom. The van der Waals surface area contributed by atoms with Crippen LogP contribution >= 0.6 is 0 Å². The molecule has 7 nitrogen and oxygen atoms in total. The number of carbonyl (C=O) groups excluding carboxylic acids is 1. The summed E-state index contributed by atoms with van der Waals surface area (Å²) in [5, 5.41) is 8.64. The molecule has 2 fully saturated rings. The molecule has 0 aromatic rings. The third-order valence-corrected chi connectivity index (χ3v) is 4.94. The summed E-state index contributed by atoms with van der Waals surface area (Å²) in [5.41, 5.74) is 0. The van der Waals surface area contributed by atoms with Crippen molar-refractivity contribution in [2.24, 2.45) is 5.92 Å². The lowest BCUT2D eigenvalue weighted by Crippen LogP contribution is -2.56. The number of carboxylic acid groups (broad SMARTS) is 1. The number of sulfonamides is 1. The number of rotatable bonds is 4. The molecule has 2 saturated heterocycles. The van der Waals surface area contributed by atoms with Crippen LogP contribution in [0, 0.1) is 5.92 Å². The summed E-state index contributed by atoms with van der Waals surface area (Å²) in [4.78, 5) is 24.3. The second-order valence-electron chi connectivity index (χ2n) is 5.24. The third-order valence-electron chi connectivity index (χ3n) is 3.65. The molecular formula is C11H18N2O5S. The average Bonchev–Trinajstić information content (AvgIpc) is 2.69. The zero-order valence-corrected chi connectivity index (χ0v) is 11.6. The van der Waals surface area contributed by atoms with Gasteiger partial charge in [0.25, 0.3) is 0 Å². The molecule has 1 amide bonds. The number of nitrogens with zero attached hydrogens (tertiary/aromatic N) is 2. The molecule has 0 saturated carbocycles. The van der Waals surface area contributed by atoms with Crippen LogP contribution in [-0.2, 0) is 19.6 Å². The van der Waals surface area contributed by atoms with Crippen LogP contribution in [0.1, 0.15) is 19.3 Å². The Bertz CT molecular complexity index is 483. The summed E-state index contributed by atoms with van der Waals surface area (Å²) >= 11 is 0. The second-order valence-corrected chi connectivity index (χ2v) is 7.17. The Morgan fingerprint density at radius 1 is 1.32 bits per heavy atom. The van der Waals surface area contributed by atoms with Gasteiger partial charge in [0, 0.05) is 25.6 Å². The van der Waals surface area contributed by atoms with E-state index in [9.17, 15) is 18.0 Å². The normalized spacial score (nSPS) is 25.3. The first-order valence-corrected chi connectivity index (χ1v) is 8.11. The maximum Gasteiger partial charge on any atom is 0.303 e. The highest BCUT2D eigenvalue weighted by molar-refractivity contribution is 7.88. The molecule has 108 valence electrons. The summed E-state index contributed by atoms with van der Waals surface area (Å²) in [5.74, 6) is -1.06. The van der Waals surface area contributed by atoms with E-state index < -0.39 is 22.0 Å². The quantitative estimate of drug-likeness (QED) is 0.742. The van der Waals surface area contributed by atoms with Gasteiger partial charge in [-0.15, -0.1) is 0 Å². The number of hydrogen-bond donors (Lipinski definition) is 1. The molecule has 1 atom stereocenters. The van der Waals surface area contributed by atoms with Crippen molar-refractivity contribution in [3.05, 3.63) is 0 Å². The molecule has 19 heavy (non-hydrogen) atoms. The lowest BCUT2D eigenvalue weighted by atomic mass is 9.95. The van der Waals surface area contributed by atoms with E-state index in [0.29, 0.717) is 32.5 Å². The highest BCUT2D eigenvalue weighted by Crippen LogP contribution is 2.26. The molecular weight excluding hydrogens is 272 g/mol. The molecule has 0 bridgehead atoms. The van der Waals surface area contributed by atoms with Gasteiger partial charge in [-0.3, -0.25) is 9.59 Å². The van der Waals surface area contributed by atoms with Gasteiger partial charge in [0.2, 0.25) is 15.9 Å². The van der Waals surface area contributed by atoms with Gasteiger partial charge in [0.05, 0.1) is 12.7 Å². The summed E-state index contributed by atoms with van der Waals surface area (Å²) in [6.45, 7) is 1.22. The first-order valence-electron chi connectivity index (χ1n) is 6.26. The predicted molar refractivity (Wildman–Crippen MR) is 66.9 cm³/mol. The molecule has 2 rings (SSSR count). The molecule has 8 heteroatoms. The van der Waals surface area contributed by atoms with E-state index in [1.165, 1.54) is 4.31 Å². The monoisotopic (exact) mass is 290 g/mol. The number of amides is 1. The Morgan fingerprint density at radius 3 is 2.47 bits per heavy atom. The third kappa shape index (κ3) is 3.06. The molecule has 0 radical (unpaired) electrons. The van der Waals surface area contributed by atoms with Crippen molar-refractivity contribution in [3.63, 3.8) is 0 Å². The highest BCUT2D eigenvalue weighted by atomic mass is 32.2. The first kappa shape index (κ1) is 14.3. The van der Waals surface area contributed by atoms with Gasteiger partial charge in [-0.2, -0.15) is 4.31 Å². The van der Waals surface area contributed by atoms with E-state index >= 15 is 0 Å². The first-order chi connectivity index (χ1) is 8.79. The molecule has 0 aromatic carbocycles. The number of hydrogen-bond acceptors (Lipinski definition) is 4. The van der Waals surface area contributed by atoms with Gasteiger partial charge < -0.3 is 10.0 Å². The van der Waals surface area contributed by atoms with Crippen molar-refractivity contribution in [2.45, 2.75) is 25.3 Å². The van der Waals surface area contributed by atoms with Crippen LogP contribution in [0.2, 0.25) is 0 Å². The lowest BCUT2D eigenvalue weighted by molar-refractivity contribution is -0.146. The molecule has 0 aliphatic carbocycles. The van der Waals surface area contributed by atoms with Crippen molar-refractivity contribution in [3.8, 4) is 0 Å². The average molecular weight is 290 g/mol. The molecule has 0 aromatic heterocycles. The van der Waals surface area contributed by atoms with Crippen LogP contribution in [0.25, 0.3) is 0 Å². The Balaban J connectivity index is 1.93. The van der Waals surface area contributed by atoms with E-state index in [1.807, 2.05) is 0 Å². The highest BCUT2D eigenvalue weighted by Gasteiger charge is 2.42. The molecule has 2 heterocycles. The Labute approximate surface area is 112 Å². The topological polar surface area (TPSA) is 95.0 Å². The fourth-order valence-corrected chi connectivity index (χ4v) is 3.84. The minimum absolute atomic E-state index is 0.00506. The van der Waals surface area contributed by atoms with Gasteiger partial charge in [0.15, 0.2) is 0 Å².